The highest BCUT2D eigenvalue weighted by atomic mass is 16.5. The monoisotopic (exact) mass is 358 g/mol. The summed E-state index contributed by atoms with van der Waals surface area (Å²) < 4.78 is 5.74. The number of hydroxylamine groups is 3. The summed E-state index contributed by atoms with van der Waals surface area (Å²) in [6.45, 7) is 7.51. The molecule has 0 radical (unpaired) electrons. The van der Waals surface area contributed by atoms with Crippen LogP contribution in [0.15, 0.2) is 36.5 Å². The van der Waals surface area contributed by atoms with Crippen LogP contribution in [-0.2, 0) is 6.54 Å². The number of carbonyl (C=O) groups is 1. The molecule has 0 saturated heterocycles. The number of primary amides is 1. The molecule has 1 unspecified atom stereocenters. The van der Waals surface area contributed by atoms with Crippen molar-refractivity contribution in [2.75, 3.05) is 13.6 Å². The molecule has 6 nitrogen and oxygen atoms in total. The second kappa shape index (κ2) is 8.29. The van der Waals surface area contributed by atoms with Crippen molar-refractivity contribution < 1.29 is 19.4 Å². The van der Waals surface area contributed by atoms with Gasteiger partial charge in [-0.15, -0.1) is 0 Å². The van der Waals surface area contributed by atoms with Crippen LogP contribution in [0.2, 0.25) is 0 Å². The van der Waals surface area contributed by atoms with Gasteiger partial charge in [0.25, 0.3) is 0 Å². The Morgan fingerprint density at radius 2 is 2.04 bits per heavy atom. The number of aromatic nitrogens is 1. The van der Waals surface area contributed by atoms with Gasteiger partial charge in [-0.05, 0) is 42.7 Å². The smallest absolute Gasteiger partial charge is 0.250 e. The molecule has 1 aromatic heterocycles. The van der Waals surface area contributed by atoms with Gasteiger partial charge in [-0.1, -0.05) is 13.8 Å². The van der Waals surface area contributed by atoms with Crippen LogP contribution in [0.3, 0.4) is 0 Å². The fraction of sp³-hybridized carbons (Fsp3) is 0.400. The topological polar surface area (TPSA) is 85.4 Å². The van der Waals surface area contributed by atoms with Gasteiger partial charge in [0.15, 0.2) is 0 Å². The Bertz CT molecular complexity index is 755. The minimum atomic E-state index is -0.521. The Morgan fingerprint density at radius 3 is 2.58 bits per heavy atom. The maximum Gasteiger partial charge on any atom is 0.250 e. The van der Waals surface area contributed by atoms with E-state index in [4.69, 9.17) is 10.5 Å². The van der Waals surface area contributed by atoms with Crippen molar-refractivity contribution in [3.8, 4) is 11.6 Å². The quantitative estimate of drug-likeness (QED) is 0.557. The molecule has 140 valence electrons. The van der Waals surface area contributed by atoms with Crippen molar-refractivity contribution in [2.24, 2.45) is 11.7 Å². The molecule has 6 heteroatoms. The Kier molecular flexibility index (Phi) is 6.34. The van der Waals surface area contributed by atoms with E-state index in [-0.39, 0.29) is 4.65 Å². The summed E-state index contributed by atoms with van der Waals surface area (Å²) in [4.78, 5) is 15.2. The van der Waals surface area contributed by atoms with Crippen LogP contribution in [0.25, 0.3) is 0 Å². The summed E-state index contributed by atoms with van der Waals surface area (Å²) in [6, 6.07) is 9.02. The number of carbonyl (C=O) groups excluding carboxylic acids is 1. The molecule has 0 spiro atoms. The molecule has 1 atom stereocenters. The Labute approximate surface area is 154 Å². The van der Waals surface area contributed by atoms with Gasteiger partial charge >= 0.3 is 0 Å². The first kappa shape index (κ1) is 19.9. The van der Waals surface area contributed by atoms with E-state index in [9.17, 15) is 10.0 Å². The van der Waals surface area contributed by atoms with E-state index in [1.165, 1.54) is 6.20 Å². The Morgan fingerprint density at radius 1 is 1.31 bits per heavy atom. The van der Waals surface area contributed by atoms with E-state index < -0.39 is 5.91 Å². The lowest BCUT2D eigenvalue weighted by molar-refractivity contribution is -1.10. The van der Waals surface area contributed by atoms with Crippen LogP contribution < -0.4 is 10.5 Å². The standard InChI is InChI=1S/C20H27N3O3/c1-14(2)9-10-23(4,25)13-16-5-7-18(15(3)11-16)26-19-8-6-17(12-22-19)20(21)24/h5-8,11-12,14,25H,9-10,13H2,1-4H3,(H-,21,24)/p+1. The van der Waals surface area contributed by atoms with Crippen molar-refractivity contribution in [1.29, 1.82) is 0 Å². The summed E-state index contributed by atoms with van der Waals surface area (Å²) in [6.07, 6.45) is 2.37. The lowest BCUT2D eigenvalue weighted by Crippen LogP contribution is -2.40. The minimum Gasteiger partial charge on any atom is -0.439 e. The van der Waals surface area contributed by atoms with E-state index >= 15 is 0 Å². The first-order valence-electron chi connectivity index (χ1n) is 8.77. The maximum absolute atomic E-state index is 11.1. The molecular formula is C20H28N3O3+. The van der Waals surface area contributed by atoms with Crippen LogP contribution in [-0.4, -0.2) is 34.3 Å². The number of benzene rings is 1. The number of nitrogens with two attached hydrogens (primary N) is 1. The van der Waals surface area contributed by atoms with Gasteiger partial charge in [0, 0.05) is 24.2 Å². The lowest BCUT2D eigenvalue weighted by Gasteiger charge is -2.26. The number of amides is 1. The van der Waals surface area contributed by atoms with Crippen molar-refractivity contribution in [3.05, 3.63) is 53.2 Å². The molecule has 0 fully saturated rings. The van der Waals surface area contributed by atoms with E-state index in [1.807, 2.05) is 32.2 Å². The van der Waals surface area contributed by atoms with Crippen LogP contribution >= 0.6 is 0 Å². The zero-order chi connectivity index (χ0) is 19.3. The van der Waals surface area contributed by atoms with Crippen LogP contribution in [0.4, 0.5) is 0 Å². The number of hydrogen-bond donors (Lipinski definition) is 2. The van der Waals surface area contributed by atoms with E-state index in [1.54, 1.807) is 12.1 Å². The summed E-state index contributed by atoms with van der Waals surface area (Å²) in [5, 5.41) is 10.5. The number of rotatable bonds is 8. The highest BCUT2D eigenvalue weighted by Crippen LogP contribution is 2.25. The third-order valence-electron chi connectivity index (χ3n) is 4.19. The Hall–Kier alpha value is -2.44. The maximum atomic E-state index is 11.1. The zero-order valence-corrected chi connectivity index (χ0v) is 15.9. The first-order valence-corrected chi connectivity index (χ1v) is 8.77. The summed E-state index contributed by atoms with van der Waals surface area (Å²) >= 11 is 0. The third kappa shape index (κ3) is 5.82. The zero-order valence-electron chi connectivity index (χ0n) is 15.9. The van der Waals surface area contributed by atoms with Gasteiger partial charge in [0.2, 0.25) is 11.8 Å². The molecule has 3 N–H and O–H groups in total. The first-order chi connectivity index (χ1) is 12.2. The van der Waals surface area contributed by atoms with Crippen LogP contribution in [0.5, 0.6) is 11.6 Å². The molecule has 2 aromatic rings. The second-order valence-electron chi connectivity index (χ2n) is 7.35. The molecule has 2 rings (SSSR count). The highest BCUT2D eigenvalue weighted by Gasteiger charge is 2.20. The molecule has 0 aliphatic heterocycles. The van der Waals surface area contributed by atoms with Crippen molar-refractivity contribution in [1.82, 2.24) is 4.98 Å². The van der Waals surface area contributed by atoms with Gasteiger partial charge in [0.05, 0.1) is 12.6 Å². The van der Waals surface area contributed by atoms with E-state index in [0.29, 0.717) is 36.2 Å². The molecule has 0 bridgehead atoms. The molecule has 26 heavy (non-hydrogen) atoms. The predicted molar refractivity (Wildman–Crippen MR) is 100 cm³/mol. The van der Waals surface area contributed by atoms with Gasteiger partial charge in [-0.3, -0.25) is 4.79 Å². The molecule has 0 aliphatic carbocycles. The number of ether oxygens (including phenoxy) is 1. The fourth-order valence-electron chi connectivity index (χ4n) is 2.63. The highest BCUT2D eigenvalue weighted by molar-refractivity contribution is 5.92. The molecule has 0 saturated carbocycles. The van der Waals surface area contributed by atoms with Gasteiger partial charge in [-0.2, -0.15) is 4.65 Å². The molecule has 1 heterocycles. The normalized spacial score (nSPS) is 13.5. The van der Waals surface area contributed by atoms with Gasteiger partial charge < -0.3 is 10.5 Å². The number of hydrogen-bond acceptors (Lipinski definition) is 4. The second-order valence-corrected chi connectivity index (χ2v) is 7.35. The molecule has 1 aromatic carbocycles. The SMILES string of the molecule is Cc1cc(C[N+](C)(O)CCC(C)C)ccc1Oc1ccc(C(N)=O)cn1. The summed E-state index contributed by atoms with van der Waals surface area (Å²) in [5.74, 6) is 1.12. The molecular weight excluding hydrogens is 330 g/mol. The largest absolute Gasteiger partial charge is 0.439 e. The average Bonchev–Trinajstić information content (AvgIpc) is 2.56. The van der Waals surface area contributed by atoms with Crippen LogP contribution in [0.1, 0.15) is 41.8 Å². The van der Waals surface area contributed by atoms with Gasteiger partial charge in [-0.25, -0.2) is 10.2 Å². The van der Waals surface area contributed by atoms with Crippen molar-refractivity contribution >= 4 is 5.91 Å². The van der Waals surface area contributed by atoms with Crippen molar-refractivity contribution in [3.63, 3.8) is 0 Å². The fourth-order valence-corrected chi connectivity index (χ4v) is 2.63. The lowest BCUT2D eigenvalue weighted by atomic mass is 10.1. The average molecular weight is 358 g/mol. The summed E-state index contributed by atoms with van der Waals surface area (Å²) in [7, 11) is 1.83. The third-order valence-corrected chi connectivity index (χ3v) is 4.19. The number of aryl methyl sites for hydroxylation is 1. The summed E-state index contributed by atoms with van der Waals surface area (Å²) in [5.41, 5.74) is 7.54. The molecule has 1 amide bonds. The number of nitrogens with zero attached hydrogens (tertiary/aromatic N) is 2. The Balaban J connectivity index is 2.05. The number of pyridine rings is 1. The van der Waals surface area contributed by atoms with Gasteiger partial charge in [0.1, 0.15) is 18.8 Å². The predicted octanol–water partition coefficient (Wildman–Crippen LogP) is 3.66. The van der Waals surface area contributed by atoms with Crippen molar-refractivity contribution in [2.45, 2.75) is 33.7 Å². The van der Waals surface area contributed by atoms with Crippen LogP contribution in [0, 0.1) is 12.8 Å². The van der Waals surface area contributed by atoms with E-state index in [2.05, 4.69) is 18.8 Å². The molecule has 0 aliphatic rings. The van der Waals surface area contributed by atoms with E-state index in [0.717, 1.165) is 17.5 Å². The minimum absolute atomic E-state index is 0.0338. The number of quaternary nitrogens is 1.